The number of fused-ring (bicyclic) bond motifs is 2. The number of allylic oxidation sites excluding steroid dienone is 1. The number of aryl methyl sites for hydroxylation is 1. The number of hydrogen-bond acceptors (Lipinski definition) is 13. The van der Waals surface area contributed by atoms with Crippen LogP contribution in [0.2, 0.25) is 0 Å². The molecule has 0 bridgehead atoms. The molecule has 21 heteroatoms. The van der Waals surface area contributed by atoms with Gasteiger partial charge in [-0.2, -0.15) is 0 Å². The lowest BCUT2D eigenvalue weighted by Crippen LogP contribution is -2.54. The summed E-state index contributed by atoms with van der Waals surface area (Å²) in [6, 6.07) is 14.8. The Bertz CT molecular complexity index is 2620. The lowest BCUT2D eigenvalue weighted by Gasteiger charge is -2.27. The molecule has 1 aromatic heterocycles. The number of nitrogens with two attached hydrogens (primary N) is 2. The number of ether oxygens (including phenoxy) is 2. The first-order valence-electron chi connectivity index (χ1n) is 20.7. The van der Waals surface area contributed by atoms with Crippen LogP contribution in [-0.2, 0) is 32.3 Å². The standard InChI is InChI=1S/C44H49N11O10/c1-4-47-31(20-25(2)45)39(59)52-43-50-30-22-27(38(46)58)12-13-32(30)54(43)18-7-16-49-44(63)53(3)23-26-8-5-9-28(21-26)64-19-17-48-36(57)24-65-34-11-6-10-29-37(34)42(62)55(41(29)61)33-14-15-35(56)51-40(33)60/h5-6,8-13,20-22,33H,4,7,14-19,23-24,45H2,1-3H3,(H2,46,58)(H,48,57)(H,49,63)(H,50,52,59)(H,51,56,60)/b25-20-,47-31?. The molecule has 2 aliphatic heterocycles. The highest BCUT2D eigenvalue weighted by atomic mass is 16.5. The summed E-state index contributed by atoms with van der Waals surface area (Å²) in [4.78, 5) is 112. The van der Waals surface area contributed by atoms with Gasteiger partial charge in [0.05, 0.1) is 28.7 Å². The minimum atomic E-state index is -1.14. The molecule has 6 rings (SSSR count). The average Bonchev–Trinajstić information content (AvgIpc) is 3.74. The van der Waals surface area contributed by atoms with Crippen LogP contribution in [0.3, 0.4) is 0 Å². The molecule has 9 amide bonds. The Kier molecular flexibility index (Phi) is 14.9. The number of piperidine rings is 1. The number of carbonyl (C=O) groups excluding carboxylic acids is 8. The van der Waals surface area contributed by atoms with Crippen LogP contribution in [-0.4, -0.2) is 118 Å². The zero-order valence-electron chi connectivity index (χ0n) is 36.0. The van der Waals surface area contributed by atoms with E-state index in [0.29, 0.717) is 42.0 Å². The van der Waals surface area contributed by atoms with Gasteiger partial charge in [0.2, 0.25) is 23.7 Å². The third-order valence-corrected chi connectivity index (χ3v) is 10.2. The van der Waals surface area contributed by atoms with Crippen molar-refractivity contribution >= 4 is 70.1 Å². The number of aliphatic imine (C=N–C) groups is 1. The highest BCUT2D eigenvalue weighted by molar-refractivity contribution is 6.47. The van der Waals surface area contributed by atoms with Crippen molar-refractivity contribution in [1.82, 2.24) is 35.3 Å². The summed E-state index contributed by atoms with van der Waals surface area (Å²) >= 11 is 0. The zero-order chi connectivity index (χ0) is 46.8. The number of anilines is 1. The molecule has 1 fully saturated rings. The van der Waals surface area contributed by atoms with Gasteiger partial charge in [-0.3, -0.25) is 54.1 Å². The van der Waals surface area contributed by atoms with Crippen LogP contribution in [0.25, 0.3) is 11.0 Å². The van der Waals surface area contributed by atoms with E-state index in [4.69, 9.17) is 20.9 Å². The van der Waals surface area contributed by atoms with Gasteiger partial charge >= 0.3 is 6.03 Å². The number of urea groups is 1. The maximum atomic E-state index is 13.3. The van der Waals surface area contributed by atoms with Crippen molar-refractivity contribution in [3.8, 4) is 11.5 Å². The molecule has 21 nitrogen and oxygen atoms in total. The fraction of sp³-hybridized carbons (Fsp3) is 0.318. The summed E-state index contributed by atoms with van der Waals surface area (Å²) in [5, 5.41) is 10.5. The average molecular weight is 892 g/mol. The smallest absolute Gasteiger partial charge is 0.317 e. The number of carbonyl (C=O) groups is 8. The van der Waals surface area contributed by atoms with Gasteiger partial charge in [0.25, 0.3) is 23.6 Å². The topological polar surface area (TPSA) is 292 Å². The third kappa shape index (κ3) is 11.3. The van der Waals surface area contributed by atoms with E-state index in [1.54, 1.807) is 61.9 Å². The second kappa shape index (κ2) is 20.8. The normalized spacial score (nSPS) is 15.1. The minimum absolute atomic E-state index is 0.00324. The summed E-state index contributed by atoms with van der Waals surface area (Å²) in [7, 11) is 1.65. The summed E-state index contributed by atoms with van der Waals surface area (Å²) in [6.07, 6.45) is 1.91. The number of primary amides is 1. The van der Waals surface area contributed by atoms with Gasteiger partial charge in [0.1, 0.15) is 29.9 Å². The number of rotatable bonds is 19. The van der Waals surface area contributed by atoms with Gasteiger partial charge < -0.3 is 41.0 Å². The van der Waals surface area contributed by atoms with Crippen LogP contribution in [0.15, 0.2) is 77.4 Å². The molecule has 3 heterocycles. The molecular formula is C44H49N11O10. The Labute approximate surface area is 372 Å². The molecule has 0 radical (unpaired) electrons. The number of hydrogen-bond donors (Lipinski definition) is 6. The lowest BCUT2D eigenvalue weighted by atomic mass is 10.0. The molecular weight excluding hydrogens is 843 g/mol. The van der Waals surface area contributed by atoms with Gasteiger partial charge in [-0.1, -0.05) is 18.2 Å². The summed E-state index contributed by atoms with van der Waals surface area (Å²) in [6.45, 7) is 4.40. The Balaban J connectivity index is 0.949. The molecule has 0 aliphatic carbocycles. The van der Waals surface area contributed by atoms with Crippen LogP contribution in [0.4, 0.5) is 10.7 Å². The quantitative estimate of drug-likeness (QED) is 0.0445. The molecule has 1 saturated heterocycles. The number of imidazole rings is 1. The highest BCUT2D eigenvalue weighted by Gasteiger charge is 2.46. The van der Waals surface area contributed by atoms with Crippen molar-refractivity contribution in [1.29, 1.82) is 0 Å². The predicted molar refractivity (Wildman–Crippen MR) is 236 cm³/mol. The SMILES string of the molecule is CCN=C(/C=C(/C)N)C(=O)Nc1nc2cc(C(N)=O)ccc2n1CCCNC(=O)N(C)Cc1cccc(OCCNC(=O)COc2cccc3c2C(=O)N(C2CCC(=O)NC2=O)C3=O)c1. The van der Waals surface area contributed by atoms with E-state index in [2.05, 4.69) is 31.2 Å². The maximum absolute atomic E-state index is 13.3. The van der Waals surface area contributed by atoms with Gasteiger partial charge in [-0.25, -0.2) is 9.78 Å². The molecule has 65 heavy (non-hydrogen) atoms. The predicted octanol–water partition coefficient (Wildman–Crippen LogP) is 1.60. The lowest BCUT2D eigenvalue weighted by molar-refractivity contribution is -0.136. The third-order valence-electron chi connectivity index (χ3n) is 10.2. The molecule has 2 aliphatic rings. The Morgan fingerprint density at radius 2 is 1.77 bits per heavy atom. The molecule has 4 aromatic rings. The van der Waals surface area contributed by atoms with E-state index in [1.165, 1.54) is 29.2 Å². The largest absolute Gasteiger partial charge is 0.492 e. The van der Waals surface area contributed by atoms with E-state index >= 15 is 0 Å². The molecule has 1 atom stereocenters. The van der Waals surface area contributed by atoms with Gasteiger partial charge in [-0.05, 0) is 80.8 Å². The van der Waals surface area contributed by atoms with Crippen molar-refractivity contribution in [2.24, 2.45) is 16.5 Å². The molecule has 0 spiro atoms. The number of aromatic nitrogens is 2. The van der Waals surface area contributed by atoms with Crippen molar-refractivity contribution in [2.45, 2.75) is 52.2 Å². The highest BCUT2D eigenvalue weighted by Crippen LogP contribution is 2.33. The van der Waals surface area contributed by atoms with Crippen LogP contribution in [0.1, 0.15) is 69.7 Å². The molecule has 1 unspecified atom stereocenters. The van der Waals surface area contributed by atoms with E-state index in [1.807, 2.05) is 6.07 Å². The first-order valence-corrected chi connectivity index (χ1v) is 20.7. The zero-order valence-corrected chi connectivity index (χ0v) is 36.0. The number of benzene rings is 3. The Hall–Kier alpha value is -8.10. The van der Waals surface area contributed by atoms with Crippen molar-refractivity contribution in [3.63, 3.8) is 0 Å². The second-order valence-corrected chi connectivity index (χ2v) is 15.1. The van der Waals surface area contributed by atoms with Crippen LogP contribution < -0.4 is 42.2 Å². The number of nitrogens with zero attached hydrogens (tertiary/aromatic N) is 5. The number of imide groups is 2. The minimum Gasteiger partial charge on any atom is -0.492 e. The molecule has 0 saturated carbocycles. The molecule has 340 valence electrons. The maximum Gasteiger partial charge on any atom is 0.317 e. The van der Waals surface area contributed by atoms with E-state index < -0.39 is 54.0 Å². The van der Waals surface area contributed by atoms with Crippen LogP contribution in [0, 0.1) is 0 Å². The van der Waals surface area contributed by atoms with Gasteiger partial charge in [-0.15, -0.1) is 0 Å². The van der Waals surface area contributed by atoms with Gasteiger partial charge in [0.15, 0.2) is 6.61 Å². The number of amides is 9. The van der Waals surface area contributed by atoms with E-state index in [9.17, 15) is 38.4 Å². The fourth-order valence-electron chi connectivity index (χ4n) is 7.14. The summed E-state index contributed by atoms with van der Waals surface area (Å²) in [5.74, 6) is -3.58. The van der Waals surface area contributed by atoms with Crippen molar-refractivity contribution in [3.05, 3.63) is 94.7 Å². The fourth-order valence-corrected chi connectivity index (χ4v) is 7.14. The van der Waals surface area contributed by atoms with Gasteiger partial charge in [0, 0.05) is 50.9 Å². The second-order valence-electron chi connectivity index (χ2n) is 15.1. The Morgan fingerprint density at radius 3 is 2.51 bits per heavy atom. The van der Waals surface area contributed by atoms with Crippen LogP contribution >= 0.6 is 0 Å². The Morgan fingerprint density at radius 1 is 0.985 bits per heavy atom. The van der Waals surface area contributed by atoms with Crippen molar-refractivity contribution in [2.75, 3.05) is 45.2 Å². The van der Waals surface area contributed by atoms with E-state index in [0.717, 1.165) is 10.5 Å². The number of nitrogens with one attached hydrogen (secondary N) is 4. The van der Waals surface area contributed by atoms with Crippen LogP contribution in [0.5, 0.6) is 11.5 Å². The van der Waals surface area contributed by atoms with Crippen molar-refractivity contribution < 1.29 is 47.8 Å². The van der Waals surface area contributed by atoms with E-state index in [-0.39, 0.29) is 79.2 Å². The summed E-state index contributed by atoms with van der Waals surface area (Å²) < 4.78 is 13.2. The molecule has 8 N–H and O–H groups in total. The first-order chi connectivity index (χ1) is 31.1. The molecule has 3 aromatic carbocycles. The monoisotopic (exact) mass is 891 g/mol. The summed E-state index contributed by atoms with van der Waals surface area (Å²) in [5.41, 5.74) is 13.9. The first kappa shape index (κ1) is 46.4.